The van der Waals surface area contributed by atoms with Gasteiger partial charge < -0.3 is 10.1 Å². The molecule has 2 rings (SSSR count). The fourth-order valence-electron chi connectivity index (χ4n) is 1.36. The Balaban J connectivity index is 2.28. The molecule has 0 amide bonds. The maximum Gasteiger partial charge on any atom is 0.356 e. The van der Waals surface area contributed by atoms with E-state index in [9.17, 15) is 4.79 Å². The van der Waals surface area contributed by atoms with Gasteiger partial charge in [0.2, 0.25) is 5.28 Å². The molecule has 0 aliphatic heterocycles. The highest BCUT2D eigenvalue weighted by atomic mass is 35.5. The Morgan fingerprint density at radius 2 is 2.00 bits per heavy atom. The maximum atomic E-state index is 11.4. The molecule has 92 valence electrons. The maximum absolute atomic E-state index is 11.4. The second-order valence-corrected chi connectivity index (χ2v) is 3.73. The number of anilines is 2. The number of nitrogens with zero attached hydrogens (tertiary/aromatic N) is 2. The van der Waals surface area contributed by atoms with Crippen molar-refractivity contribution in [1.82, 2.24) is 9.97 Å². The van der Waals surface area contributed by atoms with Crippen LogP contribution in [0.5, 0.6) is 0 Å². The van der Waals surface area contributed by atoms with Crippen LogP contribution in [0.15, 0.2) is 36.4 Å². The zero-order valence-electron chi connectivity index (χ0n) is 9.55. The molecule has 2 aromatic rings. The minimum Gasteiger partial charge on any atom is -0.464 e. The Bertz CT molecular complexity index is 561. The molecule has 0 saturated carbocycles. The molecule has 0 fully saturated rings. The van der Waals surface area contributed by atoms with Crippen molar-refractivity contribution in [3.05, 3.63) is 47.4 Å². The number of aromatic nitrogens is 2. The number of hydrogen-bond acceptors (Lipinski definition) is 5. The monoisotopic (exact) mass is 263 g/mol. The number of benzene rings is 1. The van der Waals surface area contributed by atoms with Gasteiger partial charge in [0.15, 0.2) is 5.69 Å². The largest absolute Gasteiger partial charge is 0.464 e. The van der Waals surface area contributed by atoms with E-state index in [-0.39, 0.29) is 11.0 Å². The lowest BCUT2D eigenvalue weighted by Gasteiger charge is -2.06. The lowest BCUT2D eigenvalue weighted by Crippen LogP contribution is -2.06. The Kier molecular flexibility index (Phi) is 3.74. The molecule has 0 atom stereocenters. The fourth-order valence-corrected chi connectivity index (χ4v) is 1.54. The predicted octanol–water partition coefficient (Wildman–Crippen LogP) is 2.66. The molecule has 5 nitrogen and oxygen atoms in total. The quantitative estimate of drug-likeness (QED) is 0.681. The zero-order valence-corrected chi connectivity index (χ0v) is 10.3. The molecule has 18 heavy (non-hydrogen) atoms. The molecule has 1 N–H and O–H groups in total. The Morgan fingerprint density at radius 1 is 1.28 bits per heavy atom. The number of esters is 1. The first-order valence-corrected chi connectivity index (χ1v) is 5.52. The van der Waals surface area contributed by atoms with Crippen molar-refractivity contribution in [2.24, 2.45) is 0 Å². The molecule has 6 heteroatoms. The third-order valence-corrected chi connectivity index (χ3v) is 2.31. The van der Waals surface area contributed by atoms with Gasteiger partial charge in [-0.25, -0.2) is 14.8 Å². The van der Waals surface area contributed by atoms with Gasteiger partial charge >= 0.3 is 5.97 Å². The van der Waals surface area contributed by atoms with Gasteiger partial charge in [0.25, 0.3) is 0 Å². The number of ether oxygens (including phenoxy) is 1. The molecular formula is C12H10ClN3O2. The summed E-state index contributed by atoms with van der Waals surface area (Å²) in [5.74, 6) is -0.128. The summed E-state index contributed by atoms with van der Waals surface area (Å²) >= 11 is 5.75. The normalized spacial score (nSPS) is 9.89. The summed E-state index contributed by atoms with van der Waals surface area (Å²) in [5, 5.41) is 3.00. The van der Waals surface area contributed by atoms with E-state index in [0.29, 0.717) is 5.82 Å². The van der Waals surface area contributed by atoms with Crippen molar-refractivity contribution in [2.45, 2.75) is 0 Å². The number of methoxy groups -OCH3 is 1. The molecule has 1 heterocycles. The number of nitrogens with one attached hydrogen (secondary N) is 1. The van der Waals surface area contributed by atoms with E-state index in [0.717, 1.165) is 5.69 Å². The van der Waals surface area contributed by atoms with Crippen molar-refractivity contribution in [3.8, 4) is 0 Å². The second kappa shape index (κ2) is 5.46. The van der Waals surface area contributed by atoms with Crippen molar-refractivity contribution < 1.29 is 9.53 Å². The third-order valence-electron chi connectivity index (χ3n) is 2.14. The van der Waals surface area contributed by atoms with Crippen LogP contribution < -0.4 is 5.32 Å². The van der Waals surface area contributed by atoms with Crippen LogP contribution in [0.25, 0.3) is 0 Å². The lowest BCUT2D eigenvalue weighted by atomic mass is 10.3. The third kappa shape index (κ3) is 2.95. The first kappa shape index (κ1) is 12.3. The van der Waals surface area contributed by atoms with Crippen molar-refractivity contribution in [1.29, 1.82) is 0 Å². The number of carbonyl (C=O) groups is 1. The Labute approximate surface area is 109 Å². The van der Waals surface area contributed by atoms with E-state index in [1.165, 1.54) is 13.2 Å². The number of rotatable bonds is 3. The molecule has 0 radical (unpaired) electrons. The van der Waals surface area contributed by atoms with E-state index in [4.69, 9.17) is 11.6 Å². The van der Waals surface area contributed by atoms with E-state index in [1.54, 1.807) is 0 Å². The van der Waals surface area contributed by atoms with Crippen LogP contribution >= 0.6 is 11.6 Å². The minimum absolute atomic E-state index is 0.0173. The average Bonchev–Trinajstić information content (AvgIpc) is 2.38. The molecule has 0 bridgehead atoms. The van der Waals surface area contributed by atoms with Crippen LogP contribution in [-0.4, -0.2) is 23.0 Å². The van der Waals surface area contributed by atoms with Gasteiger partial charge in [-0.1, -0.05) is 18.2 Å². The number of hydrogen-bond donors (Lipinski definition) is 1. The average molecular weight is 264 g/mol. The van der Waals surface area contributed by atoms with Crippen molar-refractivity contribution >= 4 is 29.1 Å². The van der Waals surface area contributed by atoms with E-state index in [1.807, 2.05) is 30.3 Å². The number of para-hydroxylation sites is 1. The summed E-state index contributed by atoms with van der Waals surface area (Å²) in [5.41, 5.74) is 0.944. The molecule has 0 aliphatic carbocycles. The highest BCUT2D eigenvalue weighted by Crippen LogP contribution is 2.16. The summed E-state index contributed by atoms with van der Waals surface area (Å²) in [6.07, 6.45) is 0. The second-order valence-electron chi connectivity index (χ2n) is 3.39. The van der Waals surface area contributed by atoms with Crippen LogP contribution in [0.4, 0.5) is 11.5 Å². The molecule has 0 aliphatic rings. The fraction of sp³-hybridized carbons (Fsp3) is 0.0833. The summed E-state index contributed by atoms with van der Waals surface area (Å²) < 4.78 is 4.58. The van der Waals surface area contributed by atoms with Crippen LogP contribution in [0.3, 0.4) is 0 Å². The summed E-state index contributed by atoms with van der Waals surface area (Å²) in [7, 11) is 1.28. The number of carbonyl (C=O) groups excluding carboxylic acids is 1. The summed E-state index contributed by atoms with van der Waals surface area (Å²) in [6, 6.07) is 10.9. The van der Waals surface area contributed by atoms with E-state index < -0.39 is 5.97 Å². The van der Waals surface area contributed by atoms with Gasteiger partial charge in [0, 0.05) is 11.8 Å². The van der Waals surface area contributed by atoms with Gasteiger partial charge in [-0.3, -0.25) is 0 Å². The molecule has 0 saturated heterocycles. The first-order chi connectivity index (χ1) is 8.69. The van der Waals surface area contributed by atoms with E-state index in [2.05, 4.69) is 20.0 Å². The van der Waals surface area contributed by atoms with Crippen molar-refractivity contribution in [3.63, 3.8) is 0 Å². The molecule has 1 aromatic heterocycles. The van der Waals surface area contributed by atoms with Crippen LogP contribution in [-0.2, 0) is 4.74 Å². The SMILES string of the molecule is COC(=O)c1cc(Nc2ccccc2)nc(Cl)n1. The molecule has 1 aromatic carbocycles. The summed E-state index contributed by atoms with van der Waals surface area (Å²) in [6.45, 7) is 0. The van der Waals surface area contributed by atoms with Crippen LogP contribution in [0, 0.1) is 0 Å². The minimum atomic E-state index is -0.560. The van der Waals surface area contributed by atoms with Crippen molar-refractivity contribution in [2.75, 3.05) is 12.4 Å². The topological polar surface area (TPSA) is 64.1 Å². The Hall–Kier alpha value is -2.14. The number of halogens is 1. The lowest BCUT2D eigenvalue weighted by molar-refractivity contribution is 0.0594. The summed E-state index contributed by atoms with van der Waals surface area (Å²) in [4.78, 5) is 19.1. The van der Waals surface area contributed by atoms with Gasteiger partial charge in [0.05, 0.1) is 7.11 Å². The zero-order chi connectivity index (χ0) is 13.0. The molecule has 0 unspecified atom stereocenters. The Morgan fingerprint density at radius 3 is 2.67 bits per heavy atom. The highest BCUT2D eigenvalue weighted by Gasteiger charge is 2.11. The molecular weight excluding hydrogens is 254 g/mol. The predicted molar refractivity (Wildman–Crippen MR) is 68.1 cm³/mol. The molecule has 0 spiro atoms. The van der Waals surface area contributed by atoms with Crippen LogP contribution in [0.2, 0.25) is 5.28 Å². The smallest absolute Gasteiger partial charge is 0.356 e. The standard InChI is InChI=1S/C12H10ClN3O2/c1-18-11(17)9-7-10(16-12(13)15-9)14-8-5-3-2-4-6-8/h2-7H,1H3,(H,14,15,16). The highest BCUT2D eigenvalue weighted by molar-refractivity contribution is 6.28. The van der Waals surface area contributed by atoms with Crippen LogP contribution in [0.1, 0.15) is 10.5 Å². The van der Waals surface area contributed by atoms with Gasteiger partial charge in [-0.05, 0) is 23.7 Å². The van der Waals surface area contributed by atoms with E-state index >= 15 is 0 Å². The van der Waals surface area contributed by atoms with Gasteiger partial charge in [-0.15, -0.1) is 0 Å². The van der Waals surface area contributed by atoms with Gasteiger partial charge in [0.1, 0.15) is 5.82 Å². The first-order valence-electron chi connectivity index (χ1n) is 5.14. The van der Waals surface area contributed by atoms with Gasteiger partial charge in [-0.2, -0.15) is 0 Å².